The van der Waals surface area contributed by atoms with Gasteiger partial charge in [-0.15, -0.1) is 0 Å². The average Bonchev–Trinajstić information content (AvgIpc) is 3.11. The van der Waals surface area contributed by atoms with E-state index in [1.54, 1.807) is 30.1 Å². The molecule has 0 bridgehead atoms. The third-order valence-electron chi connectivity index (χ3n) is 4.55. The molecule has 0 unspecified atom stereocenters. The van der Waals surface area contributed by atoms with E-state index in [4.69, 9.17) is 4.42 Å². The van der Waals surface area contributed by atoms with Gasteiger partial charge in [-0.2, -0.15) is 5.10 Å². The smallest absolute Gasteiger partial charge is 0.349 e. The van der Waals surface area contributed by atoms with Gasteiger partial charge in [0.05, 0.1) is 11.9 Å². The maximum atomic E-state index is 12.5. The van der Waals surface area contributed by atoms with Gasteiger partial charge >= 0.3 is 5.63 Å². The lowest BCUT2D eigenvalue weighted by atomic mass is 10.1. The van der Waals surface area contributed by atoms with Crippen LogP contribution in [0.5, 0.6) is 0 Å². The van der Waals surface area contributed by atoms with E-state index >= 15 is 0 Å². The lowest BCUT2D eigenvalue weighted by Gasteiger charge is -2.07. The van der Waals surface area contributed by atoms with Gasteiger partial charge in [0.2, 0.25) is 0 Å². The largest absolute Gasteiger partial charge is 0.427 e. The Bertz CT molecular complexity index is 1000. The average molecular weight is 379 g/mol. The van der Waals surface area contributed by atoms with E-state index in [9.17, 15) is 9.59 Å². The second-order valence-electron chi connectivity index (χ2n) is 7.15. The van der Waals surface area contributed by atoms with E-state index in [-0.39, 0.29) is 11.6 Å². The number of hydrogen-bond donors (Lipinski definition) is 1. The highest BCUT2D eigenvalue weighted by Gasteiger charge is 2.18. The Morgan fingerprint density at radius 3 is 2.61 bits per heavy atom. The van der Waals surface area contributed by atoms with Crippen molar-refractivity contribution in [3.63, 3.8) is 0 Å². The highest BCUT2D eigenvalue weighted by atomic mass is 16.4. The number of nitrogens with zero attached hydrogens (tertiary/aromatic N) is 2. The first kappa shape index (κ1) is 19.6. The van der Waals surface area contributed by atoms with Gasteiger partial charge in [-0.1, -0.05) is 30.3 Å². The number of anilines is 1. The summed E-state index contributed by atoms with van der Waals surface area (Å²) in [5.74, 6) is 0.119. The minimum atomic E-state index is -0.608. The Balaban J connectivity index is 1.67. The highest BCUT2D eigenvalue weighted by Crippen LogP contribution is 2.14. The minimum Gasteiger partial charge on any atom is -0.427 e. The second-order valence-corrected chi connectivity index (χ2v) is 7.15. The fourth-order valence-electron chi connectivity index (χ4n) is 3.06. The molecule has 0 aliphatic rings. The van der Waals surface area contributed by atoms with Gasteiger partial charge in [0, 0.05) is 18.7 Å². The van der Waals surface area contributed by atoms with Crippen molar-refractivity contribution in [2.75, 3.05) is 5.32 Å². The first-order valence-corrected chi connectivity index (χ1v) is 9.47. The van der Waals surface area contributed by atoms with Crippen LogP contribution >= 0.6 is 0 Å². The molecule has 1 aromatic carbocycles. The molecule has 0 saturated heterocycles. The van der Waals surface area contributed by atoms with Gasteiger partial charge in [0.1, 0.15) is 11.3 Å². The quantitative estimate of drug-likeness (QED) is 0.669. The van der Waals surface area contributed by atoms with Crippen molar-refractivity contribution in [3.05, 3.63) is 81.7 Å². The molecule has 0 radical (unpaired) electrons. The summed E-state index contributed by atoms with van der Waals surface area (Å²) in [7, 11) is 0. The molecule has 0 aliphatic carbocycles. The molecule has 0 aliphatic heterocycles. The molecule has 0 atom stereocenters. The van der Waals surface area contributed by atoms with Gasteiger partial charge in [-0.25, -0.2) is 4.79 Å². The number of aryl methyl sites for hydroxylation is 3. The number of rotatable bonds is 7. The molecule has 3 rings (SSSR count). The molecule has 0 fully saturated rings. The maximum absolute atomic E-state index is 12.5. The molecule has 1 N–H and O–H groups in total. The van der Waals surface area contributed by atoms with E-state index in [0.717, 1.165) is 12.8 Å². The van der Waals surface area contributed by atoms with Gasteiger partial charge in [-0.05, 0) is 50.8 Å². The molecule has 146 valence electrons. The Morgan fingerprint density at radius 1 is 1.21 bits per heavy atom. The minimum absolute atomic E-state index is 0.0316. The van der Waals surface area contributed by atoms with Crippen LogP contribution in [-0.2, 0) is 12.8 Å². The Morgan fingerprint density at radius 2 is 1.96 bits per heavy atom. The fraction of sp³-hybridized carbons (Fsp3) is 0.318. The van der Waals surface area contributed by atoms with Crippen molar-refractivity contribution >= 4 is 11.6 Å². The third kappa shape index (κ3) is 4.76. The zero-order valence-corrected chi connectivity index (χ0v) is 16.4. The monoisotopic (exact) mass is 379 g/mol. The maximum Gasteiger partial charge on any atom is 0.349 e. The third-order valence-corrected chi connectivity index (χ3v) is 4.55. The van der Waals surface area contributed by atoms with E-state index in [1.807, 2.05) is 32.0 Å². The normalized spacial score (nSPS) is 11.0. The van der Waals surface area contributed by atoms with Crippen molar-refractivity contribution in [1.29, 1.82) is 0 Å². The summed E-state index contributed by atoms with van der Waals surface area (Å²) in [4.78, 5) is 24.9. The number of amides is 1. The number of aromatic nitrogens is 2. The zero-order chi connectivity index (χ0) is 20.1. The van der Waals surface area contributed by atoms with Crippen molar-refractivity contribution in [2.24, 2.45) is 0 Å². The van der Waals surface area contributed by atoms with Crippen LogP contribution in [0.4, 0.5) is 5.69 Å². The number of nitrogens with one attached hydrogen (secondary N) is 1. The molecular weight excluding hydrogens is 354 g/mol. The predicted octanol–water partition coefficient (Wildman–Crippen LogP) is 4.15. The summed E-state index contributed by atoms with van der Waals surface area (Å²) in [6.07, 6.45) is 5.72. The summed E-state index contributed by atoms with van der Waals surface area (Å²) in [6.45, 7) is 5.74. The number of hydrogen-bond acceptors (Lipinski definition) is 4. The molecule has 2 heterocycles. The summed E-state index contributed by atoms with van der Waals surface area (Å²) in [6, 6.07) is 12.1. The second kappa shape index (κ2) is 8.69. The fourth-order valence-corrected chi connectivity index (χ4v) is 3.06. The Hall–Kier alpha value is -3.15. The molecule has 0 saturated carbocycles. The number of carbonyl (C=O) groups is 1. The van der Waals surface area contributed by atoms with E-state index in [1.165, 1.54) is 5.56 Å². The topological polar surface area (TPSA) is 77.1 Å². The van der Waals surface area contributed by atoms with Gasteiger partial charge in [-0.3, -0.25) is 9.48 Å². The zero-order valence-electron chi connectivity index (χ0n) is 16.4. The van der Waals surface area contributed by atoms with Crippen molar-refractivity contribution < 1.29 is 9.21 Å². The predicted molar refractivity (Wildman–Crippen MR) is 109 cm³/mol. The molecule has 6 heteroatoms. The molecule has 0 spiro atoms. The van der Waals surface area contributed by atoms with E-state index in [2.05, 4.69) is 22.5 Å². The van der Waals surface area contributed by atoms with Crippen LogP contribution < -0.4 is 10.9 Å². The first-order valence-electron chi connectivity index (χ1n) is 9.47. The van der Waals surface area contributed by atoms with Crippen LogP contribution in [0.2, 0.25) is 0 Å². The van der Waals surface area contributed by atoms with Gasteiger partial charge in [0.15, 0.2) is 0 Å². The Labute approximate surface area is 164 Å². The van der Waals surface area contributed by atoms with Crippen LogP contribution in [0.3, 0.4) is 0 Å². The molecule has 28 heavy (non-hydrogen) atoms. The van der Waals surface area contributed by atoms with E-state index < -0.39 is 11.5 Å². The van der Waals surface area contributed by atoms with Crippen molar-refractivity contribution in [3.8, 4) is 0 Å². The number of benzene rings is 1. The molecular formula is C22H25N3O3. The van der Waals surface area contributed by atoms with Crippen LogP contribution in [0.1, 0.15) is 53.6 Å². The molecule has 3 aromatic rings. The van der Waals surface area contributed by atoms with Crippen LogP contribution in [-0.4, -0.2) is 15.7 Å². The summed E-state index contributed by atoms with van der Waals surface area (Å²) in [5.41, 5.74) is 1.83. The van der Waals surface area contributed by atoms with Gasteiger partial charge < -0.3 is 9.73 Å². The SMILES string of the molecule is Cc1cc(CCCc2ccccc2)oc(=O)c1C(=O)Nc1cnn(C(C)C)c1. The summed E-state index contributed by atoms with van der Waals surface area (Å²) < 4.78 is 7.13. The van der Waals surface area contributed by atoms with Gasteiger partial charge in [0.25, 0.3) is 5.91 Å². The first-order chi connectivity index (χ1) is 13.4. The van der Waals surface area contributed by atoms with Crippen molar-refractivity contribution in [2.45, 2.75) is 46.1 Å². The van der Waals surface area contributed by atoms with Crippen molar-refractivity contribution in [1.82, 2.24) is 9.78 Å². The van der Waals surface area contributed by atoms with E-state index in [0.29, 0.717) is 23.4 Å². The van der Waals surface area contributed by atoms with Crippen LogP contribution in [0.15, 0.2) is 58.0 Å². The summed E-state index contributed by atoms with van der Waals surface area (Å²) >= 11 is 0. The molecule has 6 nitrogen and oxygen atoms in total. The van der Waals surface area contributed by atoms with Crippen LogP contribution in [0, 0.1) is 6.92 Å². The van der Waals surface area contributed by atoms with Crippen LogP contribution in [0.25, 0.3) is 0 Å². The lowest BCUT2D eigenvalue weighted by molar-refractivity contribution is 0.102. The highest BCUT2D eigenvalue weighted by molar-refractivity contribution is 6.04. The summed E-state index contributed by atoms with van der Waals surface area (Å²) in [5, 5.41) is 6.90. The molecule has 1 amide bonds. The molecule has 2 aromatic heterocycles. The Kier molecular flexibility index (Phi) is 6.09. The lowest BCUT2D eigenvalue weighted by Crippen LogP contribution is -2.23. The number of carbonyl (C=O) groups excluding carboxylic acids is 1. The standard InChI is InChI=1S/C22H25N3O3/c1-15(2)25-14-18(13-23-25)24-21(26)20-16(3)12-19(28-22(20)27)11-7-10-17-8-5-4-6-9-17/h4-6,8-9,12-15H,7,10-11H2,1-3H3,(H,24,26).